The maximum absolute atomic E-state index is 13.8. The first-order valence-electron chi connectivity index (χ1n) is 14.2. The van der Waals surface area contributed by atoms with Crippen molar-refractivity contribution >= 4 is 33.8 Å². The molecule has 4 N–H and O–H groups in total. The first-order chi connectivity index (χ1) is 18.2. The van der Waals surface area contributed by atoms with Crippen molar-refractivity contribution in [3.8, 4) is 0 Å². The Morgan fingerprint density at radius 2 is 1.82 bits per heavy atom. The van der Waals surface area contributed by atoms with E-state index in [0.29, 0.717) is 38.6 Å². The first-order valence-corrected chi connectivity index (χ1v) is 15.7. The molecular weight excluding hydrogens is 522 g/mol. The molecule has 0 aromatic carbocycles. The van der Waals surface area contributed by atoms with E-state index >= 15 is 0 Å². The lowest BCUT2D eigenvalue weighted by atomic mass is 10.0. The summed E-state index contributed by atoms with van der Waals surface area (Å²) in [5.41, 5.74) is -1.84. The number of fused-ring (bicyclic) bond motifs is 2. The molecule has 218 valence electrons. The van der Waals surface area contributed by atoms with Crippen molar-refractivity contribution in [2.45, 2.75) is 114 Å². The molecule has 0 spiro atoms. The van der Waals surface area contributed by atoms with Gasteiger partial charge < -0.3 is 20.9 Å². The molecule has 39 heavy (non-hydrogen) atoms. The van der Waals surface area contributed by atoms with Crippen molar-refractivity contribution in [3.63, 3.8) is 0 Å². The highest BCUT2D eigenvalue weighted by atomic mass is 32.2. The van der Waals surface area contributed by atoms with Gasteiger partial charge in [0, 0.05) is 18.0 Å². The molecule has 2 heterocycles. The second-order valence-corrected chi connectivity index (χ2v) is 14.7. The van der Waals surface area contributed by atoms with Gasteiger partial charge in [0.05, 0.1) is 5.25 Å². The Balaban J connectivity index is 1.57. The van der Waals surface area contributed by atoms with Gasteiger partial charge in [0.2, 0.25) is 21.8 Å². The molecule has 5 amide bonds. The van der Waals surface area contributed by atoms with Crippen LogP contribution < -0.4 is 20.7 Å². The minimum Gasteiger partial charge on any atom is -0.339 e. The van der Waals surface area contributed by atoms with Crippen molar-refractivity contribution in [3.05, 3.63) is 12.2 Å². The molecule has 2 saturated carbocycles. The Labute approximate surface area is 231 Å². The van der Waals surface area contributed by atoms with Gasteiger partial charge in [0.15, 0.2) is 0 Å². The summed E-state index contributed by atoms with van der Waals surface area (Å²) >= 11 is 0. The second kappa shape index (κ2) is 11.1. The molecule has 4 rings (SSSR count). The van der Waals surface area contributed by atoms with Crippen LogP contribution >= 0.6 is 0 Å². The van der Waals surface area contributed by atoms with Gasteiger partial charge in [-0.15, -0.1) is 0 Å². The highest BCUT2D eigenvalue weighted by molar-refractivity contribution is 7.91. The van der Waals surface area contributed by atoms with Crippen molar-refractivity contribution < 1.29 is 27.6 Å². The number of carbonyl (C=O) groups excluding carboxylic acids is 4. The average Bonchev–Trinajstić information content (AvgIpc) is 3.73. The molecule has 0 bridgehead atoms. The van der Waals surface area contributed by atoms with Gasteiger partial charge in [0.25, 0.3) is 5.91 Å². The largest absolute Gasteiger partial charge is 0.339 e. The maximum Gasteiger partial charge on any atom is 0.315 e. The van der Waals surface area contributed by atoms with E-state index in [1.807, 2.05) is 39.8 Å². The van der Waals surface area contributed by atoms with Crippen LogP contribution in [0.15, 0.2) is 12.2 Å². The van der Waals surface area contributed by atoms with Crippen LogP contribution in [0.4, 0.5) is 4.79 Å². The number of nitrogens with one attached hydrogen (secondary N) is 4. The smallest absolute Gasteiger partial charge is 0.315 e. The number of hydrogen-bond acceptors (Lipinski definition) is 6. The van der Waals surface area contributed by atoms with Crippen LogP contribution in [0.2, 0.25) is 0 Å². The van der Waals surface area contributed by atoms with Crippen LogP contribution in [-0.2, 0) is 24.4 Å². The predicted octanol–water partition coefficient (Wildman–Crippen LogP) is 1.69. The minimum absolute atomic E-state index is 0.0440. The SMILES string of the molecule is C[C@@H]1C[C@H]2C(=O)N[C@]3(C(=O)NS(=O)(=O)C4CC4)C[C@H]3/C=C\CCCCC[C@H](NC(=O)NC(C)(C)C)C(=O)N2C1. The van der Waals surface area contributed by atoms with E-state index < -0.39 is 56.3 Å². The summed E-state index contributed by atoms with van der Waals surface area (Å²) in [4.78, 5) is 54.9. The number of nitrogens with zero attached hydrogens (tertiary/aromatic N) is 1. The topological polar surface area (TPSA) is 154 Å². The number of rotatable bonds is 4. The molecule has 0 aromatic rings. The zero-order valence-electron chi connectivity index (χ0n) is 23.4. The summed E-state index contributed by atoms with van der Waals surface area (Å²) in [7, 11) is -3.78. The molecule has 1 saturated heterocycles. The molecule has 4 aliphatic rings. The summed E-state index contributed by atoms with van der Waals surface area (Å²) in [6.45, 7) is 7.87. The Morgan fingerprint density at radius 3 is 2.49 bits per heavy atom. The molecule has 0 aromatic heterocycles. The molecule has 12 heteroatoms. The Kier molecular flexibility index (Phi) is 8.35. The standard InChI is InChI=1S/C27H43N5O6S/c1-17-14-21-22(33)29-27(24(35)31-39(37,38)19-12-13-19)15-18(27)10-8-6-5-7-9-11-20(23(34)32(21)16-17)28-25(36)30-26(2,3)4/h8,10,17-21H,5-7,9,11-16H2,1-4H3,(H,29,33)(H,31,35)(H2,28,30,36)/b10-8-/t17-,18-,20+,21+,27-/m1/s1. The summed E-state index contributed by atoms with van der Waals surface area (Å²) in [6, 6.07) is -2.05. The number of amides is 5. The van der Waals surface area contributed by atoms with Crippen molar-refractivity contribution in [2.75, 3.05) is 6.54 Å². The van der Waals surface area contributed by atoms with Gasteiger partial charge in [-0.25, -0.2) is 13.2 Å². The van der Waals surface area contributed by atoms with E-state index in [4.69, 9.17) is 0 Å². The number of carbonyl (C=O) groups is 4. The predicted molar refractivity (Wildman–Crippen MR) is 146 cm³/mol. The highest BCUT2D eigenvalue weighted by Crippen LogP contribution is 2.46. The quantitative estimate of drug-likeness (QED) is 0.381. The third-order valence-electron chi connectivity index (χ3n) is 7.88. The summed E-state index contributed by atoms with van der Waals surface area (Å²) in [5.74, 6) is -1.79. The van der Waals surface area contributed by atoms with Gasteiger partial charge in [-0.2, -0.15) is 0 Å². The second-order valence-electron chi connectivity index (χ2n) is 12.8. The first kappa shape index (κ1) is 29.4. The molecule has 0 unspecified atom stereocenters. The molecule has 2 aliphatic heterocycles. The Morgan fingerprint density at radius 1 is 1.10 bits per heavy atom. The van der Waals surface area contributed by atoms with Crippen LogP contribution in [0, 0.1) is 11.8 Å². The lowest BCUT2D eigenvalue weighted by Gasteiger charge is -2.31. The third-order valence-corrected chi connectivity index (χ3v) is 9.70. The van der Waals surface area contributed by atoms with Crippen molar-refractivity contribution in [1.82, 2.24) is 25.6 Å². The molecular formula is C27H43N5O6S. The number of allylic oxidation sites excluding steroid dienone is 1. The van der Waals surface area contributed by atoms with Crippen LogP contribution in [0.25, 0.3) is 0 Å². The summed E-state index contributed by atoms with van der Waals surface area (Å²) in [6.07, 6.45) is 9.27. The van der Waals surface area contributed by atoms with E-state index in [9.17, 15) is 27.6 Å². The van der Waals surface area contributed by atoms with Crippen molar-refractivity contribution in [1.29, 1.82) is 0 Å². The van der Waals surface area contributed by atoms with Gasteiger partial charge in [-0.1, -0.05) is 31.9 Å². The normalized spacial score (nSPS) is 33.0. The molecule has 0 radical (unpaired) electrons. The van der Waals surface area contributed by atoms with Gasteiger partial charge in [-0.3, -0.25) is 19.1 Å². The summed E-state index contributed by atoms with van der Waals surface area (Å²) < 4.78 is 27.2. The van der Waals surface area contributed by atoms with E-state index in [0.717, 1.165) is 25.7 Å². The number of sulfonamides is 1. The summed E-state index contributed by atoms with van der Waals surface area (Å²) in [5, 5.41) is 7.96. The lowest BCUT2D eigenvalue weighted by molar-refractivity contribution is -0.141. The van der Waals surface area contributed by atoms with Crippen molar-refractivity contribution in [2.24, 2.45) is 11.8 Å². The van der Waals surface area contributed by atoms with E-state index in [1.54, 1.807) is 0 Å². The van der Waals surface area contributed by atoms with Crippen LogP contribution in [-0.4, -0.2) is 72.0 Å². The Hall–Kier alpha value is -2.63. The van der Waals surface area contributed by atoms with E-state index in [2.05, 4.69) is 20.7 Å². The fourth-order valence-electron chi connectivity index (χ4n) is 5.55. The molecule has 3 fully saturated rings. The Bertz CT molecular complexity index is 1130. The van der Waals surface area contributed by atoms with Crippen LogP contribution in [0.5, 0.6) is 0 Å². The molecule has 2 aliphatic carbocycles. The highest BCUT2D eigenvalue weighted by Gasteiger charge is 2.62. The zero-order valence-corrected chi connectivity index (χ0v) is 24.2. The fourth-order valence-corrected chi connectivity index (χ4v) is 6.91. The average molecular weight is 566 g/mol. The van der Waals surface area contributed by atoms with Gasteiger partial charge in [0.1, 0.15) is 17.6 Å². The lowest BCUT2D eigenvalue weighted by Crippen LogP contribution is -2.59. The number of hydrogen-bond donors (Lipinski definition) is 4. The molecule has 5 atom stereocenters. The molecule has 11 nitrogen and oxygen atoms in total. The third kappa shape index (κ3) is 7.12. The maximum atomic E-state index is 13.8. The van der Waals surface area contributed by atoms with E-state index in [-0.39, 0.29) is 17.7 Å². The van der Waals surface area contributed by atoms with Gasteiger partial charge >= 0.3 is 6.03 Å². The van der Waals surface area contributed by atoms with Gasteiger partial charge in [-0.05, 0) is 71.6 Å². The van der Waals surface area contributed by atoms with E-state index in [1.165, 1.54) is 4.90 Å². The van der Waals surface area contributed by atoms with Crippen LogP contribution in [0.3, 0.4) is 0 Å². The monoisotopic (exact) mass is 565 g/mol. The fraction of sp³-hybridized carbons (Fsp3) is 0.778. The minimum atomic E-state index is -3.78. The number of urea groups is 1. The zero-order chi connectivity index (χ0) is 28.6. The van der Waals surface area contributed by atoms with Crippen LogP contribution in [0.1, 0.15) is 85.5 Å².